The van der Waals surface area contributed by atoms with Crippen LogP contribution >= 0.6 is 0 Å². The average Bonchev–Trinajstić information content (AvgIpc) is 2.50. The van der Waals surface area contributed by atoms with Crippen molar-refractivity contribution in [3.63, 3.8) is 0 Å². The van der Waals surface area contributed by atoms with Crippen molar-refractivity contribution in [2.75, 3.05) is 13.1 Å². The minimum absolute atomic E-state index is 1.00. The SMILES string of the molecule is Cc1ccc(C)c(/C=C/CN2CCc3ncccc3C2)c1. The average molecular weight is 278 g/mol. The maximum absolute atomic E-state index is 4.46. The summed E-state index contributed by atoms with van der Waals surface area (Å²) in [5.41, 5.74) is 6.63. The molecule has 0 bridgehead atoms. The van der Waals surface area contributed by atoms with Crippen LogP contribution in [-0.2, 0) is 13.0 Å². The van der Waals surface area contributed by atoms with Crippen molar-refractivity contribution in [2.24, 2.45) is 0 Å². The van der Waals surface area contributed by atoms with E-state index in [-0.39, 0.29) is 0 Å². The van der Waals surface area contributed by atoms with Crippen LogP contribution in [0, 0.1) is 13.8 Å². The molecule has 0 saturated carbocycles. The van der Waals surface area contributed by atoms with Crippen molar-refractivity contribution < 1.29 is 0 Å². The van der Waals surface area contributed by atoms with Crippen molar-refractivity contribution in [1.82, 2.24) is 9.88 Å². The van der Waals surface area contributed by atoms with Crippen LogP contribution in [0.4, 0.5) is 0 Å². The predicted octanol–water partition coefficient (Wildman–Crippen LogP) is 3.77. The summed E-state index contributed by atoms with van der Waals surface area (Å²) in [6, 6.07) is 10.8. The van der Waals surface area contributed by atoms with Crippen LogP contribution in [0.2, 0.25) is 0 Å². The summed E-state index contributed by atoms with van der Waals surface area (Å²) in [4.78, 5) is 6.94. The summed E-state index contributed by atoms with van der Waals surface area (Å²) in [6.07, 6.45) is 7.49. The zero-order valence-corrected chi connectivity index (χ0v) is 12.8. The number of aromatic nitrogens is 1. The van der Waals surface area contributed by atoms with E-state index in [1.165, 1.54) is 27.9 Å². The quantitative estimate of drug-likeness (QED) is 0.849. The summed E-state index contributed by atoms with van der Waals surface area (Å²) >= 11 is 0. The first-order chi connectivity index (χ1) is 10.2. The Morgan fingerprint density at radius 2 is 2.14 bits per heavy atom. The van der Waals surface area contributed by atoms with Crippen molar-refractivity contribution in [2.45, 2.75) is 26.8 Å². The molecule has 0 radical (unpaired) electrons. The predicted molar refractivity (Wildman–Crippen MR) is 88.2 cm³/mol. The minimum atomic E-state index is 1.00. The van der Waals surface area contributed by atoms with Gasteiger partial charge in [-0.15, -0.1) is 0 Å². The summed E-state index contributed by atoms with van der Waals surface area (Å²) in [5.74, 6) is 0. The first kappa shape index (κ1) is 14.0. The molecular formula is C19H22N2. The third kappa shape index (κ3) is 3.40. The van der Waals surface area contributed by atoms with E-state index in [9.17, 15) is 0 Å². The van der Waals surface area contributed by atoms with Crippen LogP contribution in [-0.4, -0.2) is 23.0 Å². The van der Waals surface area contributed by atoms with Gasteiger partial charge in [0.2, 0.25) is 0 Å². The molecule has 2 aromatic rings. The van der Waals surface area contributed by atoms with Crippen molar-refractivity contribution >= 4 is 6.08 Å². The Hall–Kier alpha value is -1.93. The maximum atomic E-state index is 4.46. The molecule has 0 unspecified atom stereocenters. The van der Waals surface area contributed by atoms with Crippen LogP contribution in [0.5, 0.6) is 0 Å². The number of aryl methyl sites for hydroxylation is 2. The van der Waals surface area contributed by atoms with E-state index in [2.05, 4.69) is 60.1 Å². The van der Waals surface area contributed by atoms with E-state index in [1.54, 1.807) is 0 Å². The van der Waals surface area contributed by atoms with Gasteiger partial charge in [-0.2, -0.15) is 0 Å². The Kier molecular flexibility index (Phi) is 4.16. The Bertz CT molecular complexity index is 658. The molecule has 2 nitrogen and oxygen atoms in total. The van der Waals surface area contributed by atoms with Crippen molar-refractivity contribution in [1.29, 1.82) is 0 Å². The van der Waals surface area contributed by atoms with Gasteiger partial charge in [-0.05, 0) is 36.6 Å². The Morgan fingerprint density at radius 1 is 1.24 bits per heavy atom. The van der Waals surface area contributed by atoms with Crippen LogP contribution in [0.1, 0.15) is 27.9 Å². The van der Waals surface area contributed by atoms with Crippen molar-refractivity contribution in [3.8, 4) is 0 Å². The third-order valence-corrected chi connectivity index (χ3v) is 4.14. The summed E-state index contributed by atoms with van der Waals surface area (Å²) in [6.45, 7) is 7.43. The van der Waals surface area contributed by atoms with Gasteiger partial charge in [-0.25, -0.2) is 0 Å². The molecule has 0 aliphatic carbocycles. The Balaban J connectivity index is 1.64. The van der Waals surface area contributed by atoms with E-state index in [4.69, 9.17) is 0 Å². The number of hydrogen-bond acceptors (Lipinski definition) is 2. The first-order valence-corrected chi connectivity index (χ1v) is 7.61. The summed E-state index contributed by atoms with van der Waals surface area (Å²) in [5, 5.41) is 0. The number of benzene rings is 1. The molecule has 0 amide bonds. The summed E-state index contributed by atoms with van der Waals surface area (Å²) in [7, 11) is 0. The van der Waals surface area contributed by atoms with E-state index < -0.39 is 0 Å². The van der Waals surface area contributed by atoms with Gasteiger partial charge in [0.25, 0.3) is 0 Å². The van der Waals surface area contributed by atoms with E-state index >= 15 is 0 Å². The lowest BCUT2D eigenvalue weighted by Crippen LogP contribution is -2.31. The molecule has 0 spiro atoms. The second-order valence-electron chi connectivity index (χ2n) is 5.86. The Labute approximate surface area is 127 Å². The first-order valence-electron chi connectivity index (χ1n) is 7.61. The van der Waals surface area contributed by atoms with Crippen LogP contribution in [0.15, 0.2) is 42.6 Å². The number of rotatable bonds is 3. The number of pyridine rings is 1. The highest BCUT2D eigenvalue weighted by Gasteiger charge is 2.15. The molecule has 1 aromatic carbocycles. The fraction of sp³-hybridized carbons (Fsp3) is 0.316. The molecule has 0 saturated heterocycles. The lowest BCUT2D eigenvalue weighted by Gasteiger charge is -2.26. The number of fused-ring (bicyclic) bond motifs is 1. The molecule has 0 atom stereocenters. The summed E-state index contributed by atoms with van der Waals surface area (Å²) < 4.78 is 0. The van der Waals surface area contributed by atoms with Gasteiger partial charge in [0.15, 0.2) is 0 Å². The molecule has 1 aromatic heterocycles. The van der Waals surface area contributed by atoms with Gasteiger partial charge in [-0.1, -0.05) is 42.0 Å². The van der Waals surface area contributed by atoms with E-state index in [0.29, 0.717) is 0 Å². The molecule has 0 fully saturated rings. The Morgan fingerprint density at radius 3 is 3.05 bits per heavy atom. The number of nitrogens with zero attached hydrogens (tertiary/aromatic N) is 2. The van der Waals surface area contributed by atoms with Crippen LogP contribution in [0.25, 0.3) is 6.08 Å². The maximum Gasteiger partial charge on any atom is 0.0461 e. The molecule has 2 heterocycles. The second kappa shape index (κ2) is 6.23. The molecule has 21 heavy (non-hydrogen) atoms. The standard InChI is InChI=1S/C19H22N2/c1-15-7-8-16(2)17(13-15)6-4-11-21-12-9-19-18(14-21)5-3-10-20-19/h3-8,10,13H,9,11-12,14H2,1-2H3/b6-4+. The van der Waals surface area contributed by atoms with Gasteiger partial charge in [-0.3, -0.25) is 9.88 Å². The molecule has 1 aliphatic rings. The molecule has 1 aliphatic heterocycles. The van der Waals surface area contributed by atoms with Gasteiger partial charge < -0.3 is 0 Å². The lowest BCUT2D eigenvalue weighted by atomic mass is 10.0. The van der Waals surface area contributed by atoms with Gasteiger partial charge in [0.05, 0.1) is 0 Å². The third-order valence-electron chi connectivity index (χ3n) is 4.14. The monoisotopic (exact) mass is 278 g/mol. The van der Waals surface area contributed by atoms with E-state index in [0.717, 1.165) is 26.1 Å². The molecule has 3 rings (SSSR count). The van der Waals surface area contributed by atoms with Crippen LogP contribution in [0.3, 0.4) is 0 Å². The zero-order chi connectivity index (χ0) is 14.7. The highest BCUT2D eigenvalue weighted by molar-refractivity contribution is 5.54. The highest BCUT2D eigenvalue weighted by atomic mass is 15.1. The largest absolute Gasteiger partial charge is 0.295 e. The van der Waals surface area contributed by atoms with Gasteiger partial charge in [0, 0.05) is 37.9 Å². The fourth-order valence-corrected chi connectivity index (χ4v) is 2.85. The van der Waals surface area contributed by atoms with Gasteiger partial charge >= 0.3 is 0 Å². The van der Waals surface area contributed by atoms with Gasteiger partial charge in [0.1, 0.15) is 0 Å². The minimum Gasteiger partial charge on any atom is -0.295 e. The lowest BCUT2D eigenvalue weighted by molar-refractivity contribution is 0.279. The molecule has 2 heteroatoms. The molecular weight excluding hydrogens is 256 g/mol. The normalized spacial score (nSPS) is 15.3. The van der Waals surface area contributed by atoms with Crippen molar-refractivity contribution in [3.05, 3.63) is 70.6 Å². The zero-order valence-electron chi connectivity index (χ0n) is 12.8. The molecule has 108 valence electrons. The topological polar surface area (TPSA) is 16.1 Å². The smallest absolute Gasteiger partial charge is 0.0461 e. The van der Waals surface area contributed by atoms with E-state index in [1.807, 2.05) is 12.3 Å². The second-order valence-corrected chi connectivity index (χ2v) is 5.86. The van der Waals surface area contributed by atoms with Crippen LogP contribution < -0.4 is 0 Å². The number of hydrogen-bond donors (Lipinski definition) is 0. The fourth-order valence-electron chi connectivity index (χ4n) is 2.85. The molecule has 0 N–H and O–H groups in total. The highest BCUT2D eigenvalue weighted by Crippen LogP contribution is 2.17.